The van der Waals surface area contributed by atoms with Crippen molar-refractivity contribution in [3.05, 3.63) is 58.3 Å². The number of amides is 1. The van der Waals surface area contributed by atoms with Crippen LogP contribution in [-0.4, -0.2) is 36.7 Å². The molecule has 1 aliphatic rings. The van der Waals surface area contributed by atoms with Gasteiger partial charge in [-0.25, -0.2) is 8.42 Å². The van der Waals surface area contributed by atoms with Gasteiger partial charge in [-0.15, -0.1) is 0 Å². The Kier molecular flexibility index (Phi) is 6.37. The number of hydrogen-bond acceptors (Lipinski definition) is 4. The highest BCUT2D eigenvalue weighted by Gasteiger charge is 2.33. The molecule has 0 saturated carbocycles. The number of benzene rings is 1. The molecule has 1 aromatic carbocycles. The van der Waals surface area contributed by atoms with Crippen LogP contribution in [0.15, 0.2) is 47.5 Å². The minimum Gasteiger partial charge on any atom is -0.350 e. The molecule has 0 unspecified atom stereocenters. The molecule has 0 spiro atoms. The Labute approximate surface area is 168 Å². The fourth-order valence-corrected chi connectivity index (χ4v) is 5.21. The molecule has 0 radical (unpaired) electrons. The fourth-order valence-electron chi connectivity index (χ4n) is 3.01. The van der Waals surface area contributed by atoms with Crippen molar-refractivity contribution in [2.24, 2.45) is 5.92 Å². The van der Waals surface area contributed by atoms with Gasteiger partial charge in [-0.1, -0.05) is 35.3 Å². The molecule has 1 fully saturated rings. The first-order valence-corrected chi connectivity index (χ1v) is 10.7. The van der Waals surface area contributed by atoms with Gasteiger partial charge in [0.15, 0.2) is 0 Å². The summed E-state index contributed by atoms with van der Waals surface area (Å²) in [5.41, 5.74) is 0.779. The SMILES string of the molecule is O=C(NCc1ccccn1)C1CCN(S(=O)(=O)c2cccc(Cl)c2Cl)CC1. The Morgan fingerprint density at radius 3 is 2.56 bits per heavy atom. The summed E-state index contributed by atoms with van der Waals surface area (Å²) in [5.74, 6) is -0.312. The molecule has 27 heavy (non-hydrogen) atoms. The van der Waals surface area contributed by atoms with Gasteiger partial charge >= 0.3 is 0 Å². The lowest BCUT2D eigenvalue weighted by Crippen LogP contribution is -2.43. The third kappa shape index (κ3) is 4.60. The highest BCUT2D eigenvalue weighted by molar-refractivity contribution is 7.89. The number of rotatable bonds is 5. The van der Waals surface area contributed by atoms with Crippen molar-refractivity contribution in [2.45, 2.75) is 24.3 Å². The van der Waals surface area contributed by atoms with Gasteiger partial charge < -0.3 is 5.32 Å². The number of halogens is 2. The predicted molar refractivity (Wildman–Crippen MR) is 104 cm³/mol. The molecule has 9 heteroatoms. The molecule has 2 heterocycles. The van der Waals surface area contributed by atoms with Crippen LogP contribution in [0.1, 0.15) is 18.5 Å². The number of nitrogens with one attached hydrogen (secondary N) is 1. The normalized spacial score (nSPS) is 16.2. The van der Waals surface area contributed by atoms with Crippen LogP contribution in [-0.2, 0) is 21.4 Å². The Morgan fingerprint density at radius 1 is 1.15 bits per heavy atom. The van der Waals surface area contributed by atoms with Crippen molar-refractivity contribution in [3.63, 3.8) is 0 Å². The monoisotopic (exact) mass is 427 g/mol. The third-order valence-electron chi connectivity index (χ3n) is 4.53. The Morgan fingerprint density at radius 2 is 1.89 bits per heavy atom. The van der Waals surface area contributed by atoms with E-state index in [1.54, 1.807) is 18.3 Å². The smallest absolute Gasteiger partial charge is 0.244 e. The van der Waals surface area contributed by atoms with Gasteiger partial charge in [0.25, 0.3) is 0 Å². The summed E-state index contributed by atoms with van der Waals surface area (Å²) in [7, 11) is -3.74. The first-order valence-electron chi connectivity index (χ1n) is 8.51. The van der Waals surface area contributed by atoms with E-state index in [0.29, 0.717) is 19.4 Å². The van der Waals surface area contributed by atoms with Crippen molar-refractivity contribution >= 4 is 39.1 Å². The van der Waals surface area contributed by atoms with E-state index in [4.69, 9.17) is 23.2 Å². The van der Waals surface area contributed by atoms with Crippen molar-refractivity contribution in [2.75, 3.05) is 13.1 Å². The van der Waals surface area contributed by atoms with Crippen molar-refractivity contribution < 1.29 is 13.2 Å². The maximum Gasteiger partial charge on any atom is 0.244 e. The third-order valence-corrected chi connectivity index (χ3v) is 7.40. The van der Waals surface area contributed by atoms with Gasteiger partial charge in [0, 0.05) is 25.2 Å². The minimum atomic E-state index is -3.74. The molecule has 1 amide bonds. The van der Waals surface area contributed by atoms with Gasteiger partial charge in [-0.2, -0.15) is 4.31 Å². The lowest BCUT2D eigenvalue weighted by Gasteiger charge is -2.30. The van der Waals surface area contributed by atoms with E-state index in [9.17, 15) is 13.2 Å². The molecule has 1 saturated heterocycles. The number of piperidine rings is 1. The van der Waals surface area contributed by atoms with Gasteiger partial charge in [0.1, 0.15) is 4.90 Å². The summed E-state index contributed by atoms with van der Waals surface area (Å²) in [5, 5.41) is 3.08. The van der Waals surface area contributed by atoms with Crippen molar-refractivity contribution in [1.82, 2.24) is 14.6 Å². The van der Waals surface area contributed by atoms with Crippen molar-refractivity contribution in [1.29, 1.82) is 0 Å². The summed E-state index contributed by atoms with van der Waals surface area (Å²) < 4.78 is 27.0. The van der Waals surface area contributed by atoms with Crippen LogP contribution in [0.4, 0.5) is 0 Å². The number of aromatic nitrogens is 1. The quantitative estimate of drug-likeness (QED) is 0.794. The van der Waals surface area contributed by atoms with E-state index >= 15 is 0 Å². The minimum absolute atomic E-state index is 0.00489. The van der Waals surface area contributed by atoms with E-state index < -0.39 is 10.0 Å². The molecule has 0 aliphatic carbocycles. The molecule has 1 aliphatic heterocycles. The van der Waals surface area contributed by atoms with E-state index in [0.717, 1.165) is 5.69 Å². The maximum absolute atomic E-state index is 12.8. The van der Waals surface area contributed by atoms with Crippen LogP contribution in [0.2, 0.25) is 10.0 Å². The van der Waals surface area contributed by atoms with E-state index in [2.05, 4.69) is 10.3 Å². The van der Waals surface area contributed by atoms with Gasteiger partial charge in [-0.05, 0) is 37.1 Å². The molecule has 0 bridgehead atoms. The topological polar surface area (TPSA) is 79.4 Å². The van der Waals surface area contributed by atoms with E-state index in [1.807, 2.05) is 18.2 Å². The number of pyridine rings is 1. The zero-order chi connectivity index (χ0) is 19.4. The Hall–Kier alpha value is -1.67. The molecular weight excluding hydrogens is 409 g/mol. The van der Waals surface area contributed by atoms with E-state index in [-0.39, 0.29) is 39.9 Å². The molecule has 6 nitrogen and oxygen atoms in total. The average Bonchev–Trinajstić information content (AvgIpc) is 2.69. The largest absolute Gasteiger partial charge is 0.350 e. The summed E-state index contributed by atoms with van der Waals surface area (Å²) in [4.78, 5) is 16.5. The molecule has 2 aromatic rings. The highest BCUT2D eigenvalue weighted by atomic mass is 35.5. The van der Waals surface area contributed by atoms with Crippen LogP contribution < -0.4 is 5.32 Å². The Bertz CT molecular complexity index is 915. The second-order valence-corrected chi connectivity index (χ2v) is 8.96. The number of hydrogen-bond donors (Lipinski definition) is 1. The van der Waals surface area contributed by atoms with E-state index in [1.165, 1.54) is 10.4 Å². The highest BCUT2D eigenvalue weighted by Crippen LogP contribution is 2.32. The van der Waals surface area contributed by atoms with Crippen molar-refractivity contribution in [3.8, 4) is 0 Å². The van der Waals surface area contributed by atoms with Gasteiger partial charge in [-0.3, -0.25) is 9.78 Å². The molecule has 0 atom stereocenters. The molecule has 144 valence electrons. The fraction of sp³-hybridized carbons (Fsp3) is 0.333. The van der Waals surface area contributed by atoms with Crippen LogP contribution in [0.25, 0.3) is 0 Å². The predicted octanol–water partition coefficient (Wildman–Crippen LogP) is 3.11. The number of nitrogens with zero attached hydrogens (tertiary/aromatic N) is 2. The Balaban J connectivity index is 1.59. The number of sulfonamides is 1. The summed E-state index contributed by atoms with van der Waals surface area (Å²) in [6, 6.07) is 10.0. The molecular formula is C18H19Cl2N3O3S. The number of carbonyl (C=O) groups excluding carboxylic acids is 1. The standard InChI is InChI=1S/C18H19Cl2N3O3S/c19-15-5-3-6-16(17(15)20)27(25,26)23-10-7-13(8-11-23)18(24)22-12-14-4-1-2-9-21-14/h1-6,9,13H,7-8,10-12H2,(H,22,24). The zero-order valence-electron chi connectivity index (χ0n) is 14.4. The second-order valence-electron chi connectivity index (χ2n) is 6.27. The summed E-state index contributed by atoms with van der Waals surface area (Å²) in [6.07, 6.45) is 2.57. The zero-order valence-corrected chi connectivity index (χ0v) is 16.8. The van der Waals surface area contributed by atoms with Crippen LogP contribution in [0.5, 0.6) is 0 Å². The molecule has 1 N–H and O–H groups in total. The molecule has 3 rings (SSSR count). The lowest BCUT2D eigenvalue weighted by atomic mass is 9.97. The summed E-state index contributed by atoms with van der Waals surface area (Å²) >= 11 is 12.0. The van der Waals surface area contributed by atoms with Gasteiger partial charge in [0.2, 0.25) is 15.9 Å². The van der Waals surface area contributed by atoms with Crippen LogP contribution in [0.3, 0.4) is 0 Å². The molecule has 1 aromatic heterocycles. The first-order chi connectivity index (χ1) is 12.9. The average molecular weight is 428 g/mol. The summed E-state index contributed by atoms with van der Waals surface area (Å²) in [6.45, 7) is 0.871. The number of carbonyl (C=O) groups is 1. The van der Waals surface area contributed by atoms with Crippen LogP contribution in [0, 0.1) is 5.92 Å². The van der Waals surface area contributed by atoms with Gasteiger partial charge in [0.05, 0.1) is 22.3 Å². The lowest BCUT2D eigenvalue weighted by molar-refractivity contribution is -0.126. The maximum atomic E-state index is 12.8. The second kappa shape index (κ2) is 8.56. The first kappa shape index (κ1) is 20.1. The van der Waals surface area contributed by atoms with Crippen LogP contribution >= 0.6 is 23.2 Å².